The summed E-state index contributed by atoms with van der Waals surface area (Å²) in [6.45, 7) is 11.0. The van der Waals surface area contributed by atoms with Crippen molar-refractivity contribution >= 4 is 21.5 Å². The lowest BCUT2D eigenvalue weighted by Crippen LogP contribution is -2.50. The monoisotopic (exact) mass is 461 g/mol. The lowest BCUT2D eigenvalue weighted by Gasteiger charge is -2.48. The molecule has 1 heterocycles. The van der Waals surface area contributed by atoms with Gasteiger partial charge in [0.05, 0.1) is 0 Å². The smallest absolute Gasteiger partial charge is 0.0232 e. The molecule has 0 N–H and O–H groups in total. The van der Waals surface area contributed by atoms with Gasteiger partial charge in [-0.3, -0.25) is 0 Å². The molecule has 2 unspecified atom stereocenters. The summed E-state index contributed by atoms with van der Waals surface area (Å²) < 4.78 is 0. The van der Waals surface area contributed by atoms with Crippen molar-refractivity contribution in [2.24, 2.45) is 5.41 Å². The van der Waals surface area contributed by atoms with Crippen LogP contribution in [0.25, 0.3) is 32.7 Å². The average Bonchev–Trinajstić information content (AvgIpc) is 3.26. The van der Waals surface area contributed by atoms with Crippen molar-refractivity contribution in [2.45, 2.75) is 70.8 Å². The number of rotatable bonds is 0. The molecule has 0 radical (unpaired) electrons. The molecule has 35 heavy (non-hydrogen) atoms. The maximum atomic E-state index is 2.59. The maximum absolute atomic E-state index is 2.59. The first-order chi connectivity index (χ1) is 16.8. The van der Waals surface area contributed by atoms with Crippen molar-refractivity contribution in [3.8, 4) is 11.1 Å². The van der Waals surface area contributed by atoms with Crippen LogP contribution in [0.5, 0.6) is 0 Å². The summed E-state index contributed by atoms with van der Waals surface area (Å²) in [5.41, 5.74) is 6.93. The van der Waals surface area contributed by atoms with E-state index in [1.165, 1.54) is 82.4 Å². The predicted octanol–water partition coefficient (Wildman–Crippen LogP) is 8.96. The standard InChI is InChI=1S/C23H18.C11H21N/c1-23(2)20-10-6-5-9-19(20)22-18-12-11-15-7-3-4-8-16(15)17(18)13-14-21(22)23;1-10-6-4-5-7-11(10,2)12(3)9-8-10/h3-14H,1-2H3;4-9H2,1-3H3. The SMILES string of the molecule is CC1(C)c2ccccc2-c2c1ccc1c2ccc2ccccc21.CN1CCC2(C)CCCCC12C. The Balaban J connectivity index is 0.000000161. The molecule has 1 heteroatoms. The van der Waals surface area contributed by atoms with Gasteiger partial charge in [-0.2, -0.15) is 0 Å². The number of hydrogen-bond acceptors (Lipinski definition) is 1. The van der Waals surface area contributed by atoms with Gasteiger partial charge in [-0.15, -0.1) is 0 Å². The molecule has 1 saturated heterocycles. The highest BCUT2D eigenvalue weighted by molar-refractivity contribution is 6.14. The molecule has 4 aromatic carbocycles. The molecule has 1 aliphatic heterocycles. The fourth-order valence-electron chi connectivity index (χ4n) is 7.55. The van der Waals surface area contributed by atoms with E-state index in [2.05, 4.69) is 112 Å². The fraction of sp³-hybridized carbons (Fsp3) is 0.412. The summed E-state index contributed by atoms with van der Waals surface area (Å²) in [5.74, 6) is 0. The van der Waals surface area contributed by atoms with Gasteiger partial charge in [-0.05, 0) is 89.0 Å². The summed E-state index contributed by atoms with van der Waals surface area (Å²) in [6.07, 6.45) is 7.18. The van der Waals surface area contributed by atoms with Crippen molar-refractivity contribution in [3.63, 3.8) is 0 Å². The molecule has 2 fully saturated rings. The summed E-state index contributed by atoms with van der Waals surface area (Å²) in [5, 5.41) is 5.38. The van der Waals surface area contributed by atoms with Crippen LogP contribution in [-0.4, -0.2) is 24.0 Å². The first-order valence-electron chi connectivity index (χ1n) is 13.5. The molecular formula is C34H39N. The van der Waals surface area contributed by atoms with Crippen molar-refractivity contribution in [1.82, 2.24) is 4.90 Å². The molecule has 2 aliphatic carbocycles. The van der Waals surface area contributed by atoms with Crippen LogP contribution in [0.4, 0.5) is 0 Å². The van der Waals surface area contributed by atoms with E-state index in [4.69, 9.17) is 0 Å². The molecule has 0 aromatic heterocycles. The molecule has 1 saturated carbocycles. The highest BCUT2D eigenvalue weighted by atomic mass is 15.2. The first-order valence-corrected chi connectivity index (χ1v) is 13.5. The summed E-state index contributed by atoms with van der Waals surface area (Å²) in [4.78, 5) is 2.59. The van der Waals surface area contributed by atoms with Crippen molar-refractivity contribution in [3.05, 3.63) is 83.9 Å². The molecule has 0 bridgehead atoms. The van der Waals surface area contributed by atoms with E-state index in [0.29, 0.717) is 11.0 Å². The molecule has 7 rings (SSSR count). The predicted molar refractivity (Wildman–Crippen MR) is 151 cm³/mol. The van der Waals surface area contributed by atoms with Gasteiger partial charge in [0.1, 0.15) is 0 Å². The Hall–Kier alpha value is -2.64. The molecule has 0 spiro atoms. The third kappa shape index (κ3) is 3.24. The van der Waals surface area contributed by atoms with Crippen LogP contribution in [0, 0.1) is 5.41 Å². The highest BCUT2D eigenvalue weighted by Gasteiger charge is 2.52. The normalized spacial score (nSPS) is 26.7. The number of fused-ring (bicyclic) bond motifs is 8. The minimum absolute atomic E-state index is 0.0752. The molecule has 3 aliphatic rings. The second-order valence-electron chi connectivity index (χ2n) is 12.3. The van der Waals surface area contributed by atoms with Crippen LogP contribution in [0.3, 0.4) is 0 Å². The van der Waals surface area contributed by atoms with Crippen molar-refractivity contribution < 1.29 is 0 Å². The quantitative estimate of drug-likeness (QED) is 0.236. The molecule has 1 nitrogen and oxygen atoms in total. The van der Waals surface area contributed by atoms with Crippen molar-refractivity contribution in [2.75, 3.05) is 13.6 Å². The zero-order valence-electron chi connectivity index (χ0n) is 22.1. The number of benzene rings is 4. The van der Waals surface area contributed by atoms with E-state index < -0.39 is 0 Å². The van der Waals surface area contributed by atoms with Crippen LogP contribution < -0.4 is 0 Å². The van der Waals surface area contributed by atoms with E-state index >= 15 is 0 Å². The van der Waals surface area contributed by atoms with Gasteiger partial charge in [0.25, 0.3) is 0 Å². The first kappa shape index (κ1) is 22.8. The van der Waals surface area contributed by atoms with Gasteiger partial charge >= 0.3 is 0 Å². The Kier molecular flexibility index (Phi) is 5.17. The zero-order chi connectivity index (χ0) is 24.4. The highest BCUT2D eigenvalue weighted by Crippen LogP contribution is 2.53. The van der Waals surface area contributed by atoms with Crippen LogP contribution in [0.15, 0.2) is 72.8 Å². The van der Waals surface area contributed by atoms with E-state index in [0.717, 1.165) is 0 Å². The Bertz CT molecular complexity index is 1430. The van der Waals surface area contributed by atoms with Gasteiger partial charge in [0.2, 0.25) is 0 Å². The van der Waals surface area contributed by atoms with E-state index in [1.807, 2.05) is 0 Å². The second-order valence-corrected chi connectivity index (χ2v) is 12.3. The van der Waals surface area contributed by atoms with Gasteiger partial charge in [0, 0.05) is 11.0 Å². The lowest BCUT2D eigenvalue weighted by atomic mass is 9.63. The van der Waals surface area contributed by atoms with Crippen molar-refractivity contribution in [1.29, 1.82) is 0 Å². The second kappa shape index (κ2) is 7.93. The number of nitrogens with zero attached hydrogens (tertiary/aromatic N) is 1. The third-order valence-corrected chi connectivity index (χ3v) is 10.3. The van der Waals surface area contributed by atoms with E-state index in [-0.39, 0.29) is 5.41 Å². The van der Waals surface area contributed by atoms with E-state index in [1.54, 1.807) is 0 Å². The molecule has 180 valence electrons. The number of hydrogen-bond donors (Lipinski definition) is 0. The molecular weight excluding hydrogens is 422 g/mol. The van der Waals surface area contributed by atoms with Crippen LogP contribution in [0.1, 0.15) is 70.9 Å². The molecule has 4 aromatic rings. The van der Waals surface area contributed by atoms with E-state index in [9.17, 15) is 0 Å². The Morgan fingerprint density at radius 1 is 0.629 bits per heavy atom. The maximum Gasteiger partial charge on any atom is 0.0232 e. The third-order valence-electron chi connectivity index (χ3n) is 10.3. The lowest BCUT2D eigenvalue weighted by molar-refractivity contribution is 0.0364. The zero-order valence-corrected chi connectivity index (χ0v) is 22.1. The van der Waals surface area contributed by atoms with Gasteiger partial charge in [0.15, 0.2) is 0 Å². The van der Waals surface area contributed by atoms with Crippen LogP contribution >= 0.6 is 0 Å². The topological polar surface area (TPSA) is 3.24 Å². The summed E-state index contributed by atoms with van der Waals surface area (Å²) >= 11 is 0. The van der Waals surface area contributed by atoms with Crippen LogP contribution in [0.2, 0.25) is 0 Å². The Morgan fingerprint density at radius 3 is 2.17 bits per heavy atom. The summed E-state index contributed by atoms with van der Waals surface area (Å²) in [7, 11) is 2.30. The number of likely N-dealkylation sites (tertiary alicyclic amines) is 1. The minimum atomic E-state index is 0.0752. The Labute approximate surface area is 211 Å². The van der Waals surface area contributed by atoms with Crippen LogP contribution in [-0.2, 0) is 5.41 Å². The summed E-state index contributed by atoms with van der Waals surface area (Å²) in [6, 6.07) is 26.7. The molecule has 2 atom stereocenters. The fourth-order valence-corrected chi connectivity index (χ4v) is 7.55. The van der Waals surface area contributed by atoms with Gasteiger partial charge < -0.3 is 4.90 Å². The van der Waals surface area contributed by atoms with Gasteiger partial charge in [-0.1, -0.05) is 106 Å². The van der Waals surface area contributed by atoms with Gasteiger partial charge in [-0.25, -0.2) is 0 Å². The average molecular weight is 462 g/mol. The molecule has 0 amide bonds. The minimum Gasteiger partial charge on any atom is -0.300 e. The Morgan fingerprint density at radius 2 is 1.34 bits per heavy atom. The largest absolute Gasteiger partial charge is 0.300 e.